The van der Waals surface area contributed by atoms with E-state index >= 15 is 0 Å². The molecule has 0 spiro atoms. The Bertz CT molecular complexity index is 567. The van der Waals surface area contributed by atoms with Crippen LogP contribution in [0.3, 0.4) is 0 Å². The third-order valence-electron chi connectivity index (χ3n) is 3.93. The Balaban J connectivity index is 2.06. The van der Waals surface area contributed by atoms with E-state index < -0.39 is 0 Å². The SMILES string of the molecule is [B]c1ccc2c(c1)-c1nccn1C1CC2C1. The number of rotatable bonds is 0. The number of imidazole rings is 1. The van der Waals surface area contributed by atoms with Crippen molar-refractivity contribution in [3.8, 4) is 11.4 Å². The fourth-order valence-electron chi connectivity index (χ4n) is 3.01. The summed E-state index contributed by atoms with van der Waals surface area (Å²) in [4.78, 5) is 4.48. The first kappa shape index (κ1) is 8.62. The van der Waals surface area contributed by atoms with Gasteiger partial charge in [-0.2, -0.15) is 0 Å². The maximum Gasteiger partial charge on any atom is 0.140 e. The normalized spacial score (nSPS) is 25.2. The van der Waals surface area contributed by atoms with E-state index in [2.05, 4.69) is 27.9 Å². The quantitative estimate of drug-likeness (QED) is 0.600. The molecule has 1 aliphatic carbocycles. The van der Waals surface area contributed by atoms with E-state index in [1.54, 1.807) is 0 Å². The van der Waals surface area contributed by atoms with Crippen molar-refractivity contribution in [3.63, 3.8) is 0 Å². The molecule has 0 N–H and O–H groups in total. The van der Waals surface area contributed by atoms with Crippen molar-refractivity contribution < 1.29 is 0 Å². The summed E-state index contributed by atoms with van der Waals surface area (Å²) >= 11 is 0. The molecule has 1 aromatic carbocycles. The molecule has 3 aliphatic rings. The number of hydrogen-bond donors (Lipinski definition) is 0. The summed E-state index contributed by atoms with van der Waals surface area (Å²) in [6.07, 6.45) is 6.48. The van der Waals surface area contributed by atoms with E-state index in [0.717, 1.165) is 11.3 Å². The molecule has 0 atom stereocenters. The maximum atomic E-state index is 5.88. The molecule has 76 valence electrons. The lowest BCUT2D eigenvalue weighted by Gasteiger charge is -2.34. The first-order chi connectivity index (χ1) is 7.83. The molecule has 2 aromatic rings. The number of benzene rings is 1. The van der Waals surface area contributed by atoms with E-state index in [9.17, 15) is 0 Å². The molecule has 1 saturated carbocycles. The van der Waals surface area contributed by atoms with Gasteiger partial charge in [-0.3, -0.25) is 0 Å². The van der Waals surface area contributed by atoms with Crippen LogP contribution in [-0.2, 0) is 0 Å². The molecule has 0 saturated heterocycles. The molecule has 0 unspecified atom stereocenters. The fourth-order valence-corrected chi connectivity index (χ4v) is 3.01. The summed E-state index contributed by atoms with van der Waals surface area (Å²) in [6, 6.07) is 6.89. The Labute approximate surface area is 95.7 Å². The molecule has 2 radical (unpaired) electrons. The minimum Gasteiger partial charge on any atom is -0.328 e. The van der Waals surface area contributed by atoms with E-state index in [1.165, 1.54) is 24.0 Å². The van der Waals surface area contributed by atoms with Crippen LogP contribution in [0, 0.1) is 0 Å². The van der Waals surface area contributed by atoms with Crippen molar-refractivity contribution in [1.29, 1.82) is 0 Å². The molecular weight excluding hydrogens is 195 g/mol. The number of hydrogen-bond acceptors (Lipinski definition) is 1. The maximum absolute atomic E-state index is 5.88. The molecule has 5 rings (SSSR count). The van der Waals surface area contributed by atoms with Gasteiger partial charge in [0.15, 0.2) is 0 Å². The van der Waals surface area contributed by atoms with Crippen LogP contribution < -0.4 is 5.46 Å². The third kappa shape index (κ3) is 0.959. The average molecular weight is 206 g/mol. The smallest absolute Gasteiger partial charge is 0.140 e. The predicted molar refractivity (Wildman–Crippen MR) is 64.1 cm³/mol. The molecule has 3 heterocycles. The Morgan fingerprint density at radius 3 is 3.06 bits per heavy atom. The van der Waals surface area contributed by atoms with Gasteiger partial charge in [0.25, 0.3) is 0 Å². The second-order valence-corrected chi connectivity index (χ2v) is 4.83. The van der Waals surface area contributed by atoms with Crippen molar-refractivity contribution in [2.75, 3.05) is 0 Å². The van der Waals surface area contributed by atoms with Gasteiger partial charge < -0.3 is 4.57 Å². The van der Waals surface area contributed by atoms with Gasteiger partial charge in [-0.05, 0) is 24.3 Å². The zero-order chi connectivity index (χ0) is 10.7. The van der Waals surface area contributed by atoms with Gasteiger partial charge >= 0.3 is 0 Å². The van der Waals surface area contributed by atoms with E-state index in [1.807, 2.05) is 12.3 Å². The lowest BCUT2D eigenvalue weighted by atomic mass is 9.75. The molecular formula is C13H11BN2. The van der Waals surface area contributed by atoms with Crippen LogP contribution in [0.2, 0.25) is 0 Å². The highest BCUT2D eigenvalue weighted by molar-refractivity contribution is 6.32. The largest absolute Gasteiger partial charge is 0.328 e. The molecule has 1 aromatic heterocycles. The van der Waals surface area contributed by atoms with Crippen LogP contribution in [-0.4, -0.2) is 17.4 Å². The van der Waals surface area contributed by atoms with Crippen LogP contribution >= 0.6 is 0 Å². The summed E-state index contributed by atoms with van der Waals surface area (Å²) in [6.45, 7) is 0. The summed E-state index contributed by atoms with van der Waals surface area (Å²) < 4.78 is 2.31. The van der Waals surface area contributed by atoms with Gasteiger partial charge in [0, 0.05) is 24.0 Å². The van der Waals surface area contributed by atoms with Gasteiger partial charge in [0.1, 0.15) is 13.7 Å². The molecule has 2 aliphatic heterocycles. The molecule has 2 bridgehead atoms. The predicted octanol–water partition coefficient (Wildman–Crippen LogP) is 1.78. The summed E-state index contributed by atoms with van der Waals surface area (Å²) in [7, 11) is 5.88. The minimum atomic E-state index is 0.649. The van der Waals surface area contributed by atoms with Crippen LogP contribution in [0.4, 0.5) is 0 Å². The second kappa shape index (κ2) is 2.79. The lowest BCUT2D eigenvalue weighted by molar-refractivity contribution is 0.274. The molecule has 1 fully saturated rings. The Hall–Kier alpha value is -1.51. The number of aromatic nitrogens is 2. The summed E-state index contributed by atoms with van der Waals surface area (Å²) in [5, 5.41) is 0. The lowest BCUT2D eigenvalue weighted by Crippen LogP contribution is -2.22. The van der Waals surface area contributed by atoms with Crippen LogP contribution in [0.5, 0.6) is 0 Å². The Morgan fingerprint density at radius 2 is 2.19 bits per heavy atom. The van der Waals surface area contributed by atoms with Crippen molar-refractivity contribution in [2.45, 2.75) is 24.8 Å². The zero-order valence-electron chi connectivity index (χ0n) is 8.93. The Morgan fingerprint density at radius 1 is 1.31 bits per heavy atom. The highest BCUT2D eigenvalue weighted by Gasteiger charge is 2.37. The van der Waals surface area contributed by atoms with Gasteiger partial charge in [0.05, 0.1) is 0 Å². The fraction of sp³-hybridized carbons (Fsp3) is 0.308. The van der Waals surface area contributed by atoms with Crippen molar-refractivity contribution >= 4 is 13.3 Å². The first-order valence-corrected chi connectivity index (χ1v) is 5.75. The summed E-state index contributed by atoms with van der Waals surface area (Å²) in [5.74, 6) is 1.80. The van der Waals surface area contributed by atoms with E-state index in [-0.39, 0.29) is 0 Å². The van der Waals surface area contributed by atoms with Crippen LogP contribution in [0.25, 0.3) is 11.4 Å². The zero-order valence-corrected chi connectivity index (χ0v) is 8.93. The number of nitrogens with zero attached hydrogens (tertiary/aromatic N) is 2. The molecule has 2 nitrogen and oxygen atoms in total. The average Bonchev–Trinajstić information content (AvgIpc) is 2.59. The third-order valence-corrected chi connectivity index (χ3v) is 3.93. The minimum absolute atomic E-state index is 0.649. The van der Waals surface area contributed by atoms with Crippen molar-refractivity contribution in [3.05, 3.63) is 36.2 Å². The highest BCUT2D eigenvalue weighted by Crippen LogP contribution is 2.51. The highest BCUT2D eigenvalue weighted by atomic mass is 15.1. The second-order valence-electron chi connectivity index (χ2n) is 4.83. The van der Waals surface area contributed by atoms with Crippen LogP contribution in [0.15, 0.2) is 30.6 Å². The molecule has 16 heavy (non-hydrogen) atoms. The monoisotopic (exact) mass is 206 g/mol. The first-order valence-electron chi connectivity index (χ1n) is 5.75. The standard InChI is InChI=1S/C13H11BN2/c14-9-1-2-11-8-5-10(6-8)16-4-3-15-13(16)12(11)7-9/h1-4,7-8,10H,5-6H2. The molecule has 0 amide bonds. The van der Waals surface area contributed by atoms with E-state index in [4.69, 9.17) is 7.85 Å². The van der Waals surface area contributed by atoms with Gasteiger partial charge in [-0.15, -0.1) is 0 Å². The molecule has 3 heteroatoms. The Kier molecular flexibility index (Phi) is 1.50. The van der Waals surface area contributed by atoms with Crippen LogP contribution in [0.1, 0.15) is 30.4 Å². The van der Waals surface area contributed by atoms with Crippen molar-refractivity contribution in [1.82, 2.24) is 9.55 Å². The summed E-state index contributed by atoms with van der Waals surface area (Å²) in [5.41, 5.74) is 3.48. The van der Waals surface area contributed by atoms with Gasteiger partial charge in [-0.25, -0.2) is 4.98 Å². The van der Waals surface area contributed by atoms with Crippen molar-refractivity contribution in [2.24, 2.45) is 0 Å². The van der Waals surface area contributed by atoms with Gasteiger partial charge in [0.2, 0.25) is 0 Å². The van der Waals surface area contributed by atoms with Gasteiger partial charge in [-0.1, -0.05) is 23.7 Å². The topological polar surface area (TPSA) is 17.8 Å². The van der Waals surface area contributed by atoms with E-state index in [0.29, 0.717) is 12.0 Å².